The van der Waals surface area contributed by atoms with Gasteiger partial charge in [-0.25, -0.2) is 23.4 Å². The molecule has 18 nitrogen and oxygen atoms in total. The third-order valence-corrected chi connectivity index (χ3v) is 9.12. The van der Waals surface area contributed by atoms with Crippen LogP contribution in [0.5, 0.6) is 0 Å². The molecular formula is C11H20N5O13P3S. The maximum atomic E-state index is 11.6. The molecule has 3 heterocycles. The van der Waals surface area contributed by atoms with Crippen LogP contribution in [0.25, 0.3) is 0 Å². The van der Waals surface area contributed by atoms with E-state index < -0.39 is 59.2 Å². The maximum Gasteiger partial charge on any atom is 0.488 e. The highest BCUT2D eigenvalue weighted by atomic mass is 32.5. The fraction of sp³-hybridized carbons (Fsp3) is 0.636. The van der Waals surface area contributed by atoms with Crippen molar-refractivity contribution in [3.63, 3.8) is 0 Å². The Morgan fingerprint density at radius 1 is 1.30 bits per heavy atom. The first-order chi connectivity index (χ1) is 14.9. The fourth-order valence-electron chi connectivity index (χ4n) is 3.07. The summed E-state index contributed by atoms with van der Waals surface area (Å²) in [5.41, 5.74) is 3.64. The fourth-order valence-corrected chi connectivity index (χ4v) is 7.04. The first-order valence-corrected chi connectivity index (χ1v) is 14.2. The number of aromatic nitrogens is 2. The van der Waals surface area contributed by atoms with Crippen LogP contribution in [0, 0.1) is 0 Å². The minimum Gasteiger partial charge on any atom is -0.387 e. The highest BCUT2D eigenvalue weighted by Gasteiger charge is 2.54. The summed E-state index contributed by atoms with van der Waals surface area (Å²) in [4.78, 5) is 44.0. The zero-order valence-electron chi connectivity index (χ0n) is 16.3. The van der Waals surface area contributed by atoms with Crippen molar-refractivity contribution in [1.29, 1.82) is 0 Å². The lowest BCUT2D eigenvalue weighted by molar-refractivity contribution is -0.0955. The van der Waals surface area contributed by atoms with Crippen molar-refractivity contribution < 1.29 is 61.9 Å². The van der Waals surface area contributed by atoms with Gasteiger partial charge < -0.3 is 55.2 Å². The van der Waals surface area contributed by atoms with Gasteiger partial charge in [-0.15, -0.1) is 0 Å². The Hall–Kier alpha value is -0.850. The number of aliphatic hydroxyl groups excluding tert-OH is 2. The van der Waals surface area contributed by atoms with Crippen molar-refractivity contribution in [2.75, 3.05) is 11.9 Å². The average Bonchev–Trinajstić information content (AvgIpc) is 3.10. The molecule has 0 radical (unpaired) electrons. The molecule has 7 atom stereocenters. The Morgan fingerprint density at radius 3 is 2.55 bits per heavy atom. The molecule has 0 aromatic carbocycles. The maximum absolute atomic E-state index is 11.6. The minimum absolute atomic E-state index is 0.0563. The van der Waals surface area contributed by atoms with E-state index in [-0.39, 0.29) is 17.5 Å². The Balaban J connectivity index is 1.73. The zero-order valence-corrected chi connectivity index (χ0v) is 19.8. The van der Waals surface area contributed by atoms with Gasteiger partial charge in [-0.3, -0.25) is 4.57 Å². The number of rotatable bonds is 8. The van der Waals surface area contributed by atoms with Gasteiger partial charge in [0.15, 0.2) is 18.4 Å². The molecule has 10 N–H and O–H groups in total. The largest absolute Gasteiger partial charge is 0.488 e. The Morgan fingerprint density at radius 2 is 1.94 bits per heavy atom. The number of ether oxygens (including phenoxy) is 1. The van der Waals surface area contributed by atoms with Crippen LogP contribution in [-0.2, 0) is 38.8 Å². The number of nitrogens with two attached hydrogens (primary N) is 1. The second kappa shape index (κ2) is 8.98. The van der Waals surface area contributed by atoms with Gasteiger partial charge in [0.2, 0.25) is 0 Å². The summed E-state index contributed by atoms with van der Waals surface area (Å²) in [6.45, 7) is -4.25. The molecule has 2 aliphatic heterocycles. The van der Waals surface area contributed by atoms with Crippen molar-refractivity contribution >= 4 is 45.9 Å². The Labute approximate surface area is 189 Å². The van der Waals surface area contributed by atoms with E-state index in [2.05, 4.69) is 35.7 Å². The monoisotopic (exact) mass is 555 g/mol. The number of hydrogen-bond donors (Lipinski definition) is 9. The zero-order chi connectivity index (χ0) is 25.0. The summed E-state index contributed by atoms with van der Waals surface area (Å²) in [5, 5.41) is 33.9. The lowest BCUT2D eigenvalue weighted by Crippen LogP contribution is -2.44. The molecule has 0 aliphatic carbocycles. The summed E-state index contributed by atoms with van der Waals surface area (Å²) in [5.74, 6) is -0.0423. The molecule has 2 aliphatic rings. The number of aliphatic imine (C=N–C) groups is 1. The van der Waals surface area contributed by atoms with Crippen LogP contribution in [0.3, 0.4) is 0 Å². The third-order valence-electron chi connectivity index (χ3n) is 4.40. The summed E-state index contributed by atoms with van der Waals surface area (Å²) in [6, 6.07) is 0. The van der Waals surface area contributed by atoms with E-state index in [1.165, 1.54) is 17.8 Å². The standard InChI is InChI=1S/C11H20N5O13P3S/c1-11(19)6(17)4(2-26-32(25,33)29-31(23,24)28-30(20,21)22)27-9(11)16-3-13-5-7(16)14-10(12)15-8(5)18/h3-4,6,8-9,17-19H,2H2,1H3,(H,23,24)(H,25,33)(H3,12,14,15)(H2,20,21,22)/t4-,6-,8?,9-,11-,32?/m1/s1. The second-order valence-electron chi connectivity index (χ2n) is 6.98. The van der Waals surface area contributed by atoms with Gasteiger partial charge in [0.1, 0.15) is 29.3 Å². The van der Waals surface area contributed by atoms with Crippen LogP contribution in [0.15, 0.2) is 11.3 Å². The number of aliphatic hydroxyl groups is 3. The predicted molar refractivity (Wildman–Crippen MR) is 109 cm³/mol. The van der Waals surface area contributed by atoms with Crippen LogP contribution >= 0.6 is 22.4 Å². The van der Waals surface area contributed by atoms with Crippen molar-refractivity contribution in [3.8, 4) is 0 Å². The molecule has 22 heteroatoms. The normalized spacial score (nSPS) is 33.5. The Bertz CT molecular complexity index is 1090. The first kappa shape index (κ1) is 26.7. The number of hydrogen-bond acceptors (Lipinski definition) is 14. The minimum atomic E-state index is -5.53. The van der Waals surface area contributed by atoms with E-state index in [1.54, 1.807) is 0 Å². The Kier molecular flexibility index (Phi) is 7.28. The van der Waals surface area contributed by atoms with Gasteiger partial charge in [-0.2, -0.15) is 4.31 Å². The number of nitrogens with zero attached hydrogens (tertiary/aromatic N) is 3. The highest BCUT2D eigenvalue weighted by molar-refractivity contribution is 8.08. The molecule has 33 heavy (non-hydrogen) atoms. The molecule has 0 spiro atoms. The molecular weight excluding hydrogens is 535 g/mol. The van der Waals surface area contributed by atoms with E-state index in [0.29, 0.717) is 0 Å². The van der Waals surface area contributed by atoms with Gasteiger partial charge in [-0.05, 0) is 18.7 Å². The number of imidazole rings is 1. The number of anilines is 1. The van der Waals surface area contributed by atoms with E-state index in [1.807, 2.05) is 0 Å². The number of fused-ring (bicyclic) bond motifs is 1. The van der Waals surface area contributed by atoms with Crippen LogP contribution in [0.4, 0.5) is 5.82 Å². The SMILES string of the molecule is C[C@@]1(O)[C@H](O)[C@@H](COP(O)(=S)OP(=O)(O)OP(=O)(O)O)O[C@H]1n1cnc2c1NC(N)=NC2O. The van der Waals surface area contributed by atoms with Gasteiger partial charge in [0.05, 0.1) is 12.9 Å². The van der Waals surface area contributed by atoms with Crippen molar-refractivity contribution in [2.45, 2.75) is 37.2 Å². The van der Waals surface area contributed by atoms with Gasteiger partial charge in [-0.1, -0.05) is 0 Å². The average molecular weight is 555 g/mol. The number of phosphoric acid groups is 2. The van der Waals surface area contributed by atoms with Crippen LogP contribution in [0.2, 0.25) is 0 Å². The van der Waals surface area contributed by atoms with Crippen molar-refractivity contribution in [3.05, 3.63) is 12.0 Å². The molecule has 0 amide bonds. The molecule has 1 aromatic rings. The molecule has 3 unspecified atom stereocenters. The van der Waals surface area contributed by atoms with Gasteiger partial charge in [0, 0.05) is 0 Å². The molecule has 0 saturated carbocycles. The van der Waals surface area contributed by atoms with E-state index in [9.17, 15) is 34.2 Å². The van der Waals surface area contributed by atoms with Gasteiger partial charge in [0.25, 0.3) is 0 Å². The van der Waals surface area contributed by atoms with Crippen molar-refractivity contribution in [1.82, 2.24) is 9.55 Å². The summed E-state index contributed by atoms with van der Waals surface area (Å²) in [6.07, 6.45) is -4.64. The second-order valence-corrected chi connectivity index (χ2v) is 12.8. The quantitative estimate of drug-likeness (QED) is 0.158. The molecule has 0 bridgehead atoms. The summed E-state index contributed by atoms with van der Waals surface area (Å²) < 4.78 is 41.5. The number of guanidine groups is 1. The molecule has 1 fully saturated rings. The number of nitrogens with one attached hydrogen (secondary N) is 1. The van der Waals surface area contributed by atoms with E-state index in [0.717, 1.165) is 0 Å². The van der Waals surface area contributed by atoms with Crippen LogP contribution < -0.4 is 11.1 Å². The first-order valence-electron chi connectivity index (χ1n) is 8.61. The highest BCUT2D eigenvalue weighted by Crippen LogP contribution is 2.66. The van der Waals surface area contributed by atoms with Crippen molar-refractivity contribution in [2.24, 2.45) is 10.7 Å². The summed E-state index contributed by atoms with van der Waals surface area (Å²) in [7, 11) is -11.0. The lowest BCUT2D eigenvalue weighted by Gasteiger charge is -2.29. The molecule has 1 saturated heterocycles. The smallest absolute Gasteiger partial charge is 0.387 e. The molecule has 188 valence electrons. The molecule has 1 aromatic heterocycles. The van der Waals surface area contributed by atoms with E-state index in [4.69, 9.17) is 24.8 Å². The van der Waals surface area contributed by atoms with Crippen LogP contribution in [-0.4, -0.2) is 74.8 Å². The molecule has 3 rings (SSSR count). The van der Waals surface area contributed by atoms with Crippen LogP contribution in [0.1, 0.15) is 25.1 Å². The van der Waals surface area contributed by atoms with E-state index >= 15 is 0 Å². The topological polar surface area (TPSA) is 281 Å². The third kappa shape index (κ3) is 6.05. The summed E-state index contributed by atoms with van der Waals surface area (Å²) >= 11 is 4.50. The predicted octanol–water partition coefficient (Wildman–Crippen LogP) is -1.92. The van der Waals surface area contributed by atoms with Gasteiger partial charge >= 0.3 is 22.4 Å². The lowest BCUT2D eigenvalue weighted by atomic mass is 9.96.